The van der Waals surface area contributed by atoms with Gasteiger partial charge in [0.05, 0.1) is 6.61 Å². The van der Waals surface area contributed by atoms with Gasteiger partial charge < -0.3 is 10.1 Å². The van der Waals surface area contributed by atoms with Crippen molar-refractivity contribution in [3.63, 3.8) is 0 Å². The molecule has 0 spiro atoms. The summed E-state index contributed by atoms with van der Waals surface area (Å²) in [7, 11) is 1.40. The average molecular weight is 292 g/mol. The first kappa shape index (κ1) is 14.8. The highest BCUT2D eigenvalue weighted by Crippen LogP contribution is 2.30. The van der Waals surface area contributed by atoms with Crippen LogP contribution in [-0.4, -0.2) is 20.9 Å². The molecule has 1 rings (SSSR count). The summed E-state index contributed by atoms with van der Waals surface area (Å²) >= 11 is 0. The van der Waals surface area contributed by atoms with Crippen LogP contribution in [0.25, 0.3) is 0 Å². The quantitative estimate of drug-likeness (QED) is 0.845. The van der Waals surface area contributed by atoms with E-state index in [1.807, 2.05) is 0 Å². The van der Waals surface area contributed by atoms with E-state index >= 15 is 0 Å². The fraction of sp³-hybridized carbons (Fsp3) is 0.364. The van der Waals surface area contributed by atoms with Gasteiger partial charge in [-0.2, -0.15) is 0 Å². The maximum absolute atomic E-state index is 11.4. The zero-order valence-corrected chi connectivity index (χ0v) is 11.6. The Labute approximate surface area is 111 Å². The van der Waals surface area contributed by atoms with Crippen LogP contribution >= 0.6 is 10.7 Å². The van der Waals surface area contributed by atoms with Gasteiger partial charge >= 0.3 is 0 Å². The first-order chi connectivity index (χ1) is 8.38. The van der Waals surface area contributed by atoms with Gasteiger partial charge in [-0.3, -0.25) is 4.79 Å². The Morgan fingerprint density at radius 3 is 2.56 bits per heavy atom. The summed E-state index contributed by atoms with van der Waals surface area (Å²) in [6.45, 7) is 3.75. The van der Waals surface area contributed by atoms with Crippen molar-refractivity contribution in [1.82, 2.24) is 0 Å². The molecule has 0 bridgehead atoms. The van der Waals surface area contributed by atoms with E-state index in [-0.39, 0.29) is 16.6 Å². The molecule has 100 valence electrons. The second kappa shape index (κ2) is 6.06. The first-order valence-corrected chi connectivity index (χ1v) is 7.70. The summed E-state index contributed by atoms with van der Waals surface area (Å²) in [5, 5.41) is 2.56. The summed E-state index contributed by atoms with van der Waals surface area (Å²) in [5.74, 6) is -0.0425. The van der Waals surface area contributed by atoms with Gasteiger partial charge in [-0.05, 0) is 25.1 Å². The summed E-state index contributed by atoms with van der Waals surface area (Å²) in [5.41, 5.74) is 0.365. The molecule has 0 radical (unpaired) electrons. The number of hydrogen-bond acceptors (Lipinski definition) is 4. The van der Waals surface area contributed by atoms with Crippen LogP contribution in [0.15, 0.2) is 23.1 Å². The number of carbonyl (C=O) groups is 1. The number of carbonyl (C=O) groups excluding carboxylic acids is 1. The second-order valence-corrected chi connectivity index (χ2v) is 5.97. The molecule has 0 fully saturated rings. The predicted octanol–water partition coefficient (Wildman–Crippen LogP) is 2.36. The minimum Gasteiger partial charge on any atom is -0.492 e. The monoisotopic (exact) mass is 291 g/mol. The number of ether oxygens (including phenoxy) is 1. The van der Waals surface area contributed by atoms with Crippen molar-refractivity contribution in [2.75, 3.05) is 11.9 Å². The first-order valence-electron chi connectivity index (χ1n) is 5.39. The van der Waals surface area contributed by atoms with Gasteiger partial charge in [-0.25, -0.2) is 8.42 Å². The molecule has 0 unspecified atom stereocenters. The van der Waals surface area contributed by atoms with Crippen LogP contribution in [0.4, 0.5) is 5.69 Å². The van der Waals surface area contributed by atoms with Crippen LogP contribution in [0.1, 0.15) is 20.3 Å². The lowest BCUT2D eigenvalue weighted by Gasteiger charge is -2.10. The highest BCUT2D eigenvalue weighted by molar-refractivity contribution is 8.13. The number of anilines is 1. The lowest BCUT2D eigenvalue weighted by Crippen LogP contribution is -2.10. The van der Waals surface area contributed by atoms with Gasteiger partial charge in [0.1, 0.15) is 10.6 Å². The van der Waals surface area contributed by atoms with E-state index in [4.69, 9.17) is 15.4 Å². The highest BCUT2D eigenvalue weighted by atomic mass is 35.7. The van der Waals surface area contributed by atoms with Crippen LogP contribution in [0.5, 0.6) is 5.75 Å². The van der Waals surface area contributed by atoms with Crippen molar-refractivity contribution < 1.29 is 17.9 Å². The zero-order valence-electron chi connectivity index (χ0n) is 10.1. The maximum atomic E-state index is 11.4. The van der Waals surface area contributed by atoms with Crippen LogP contribution in [0.3, 0.4) is 0 Å². The van der Waals surface area contributed by atoms with Crippen LogP contribution in [-0.2, 0) is 13.8 Å². The summed E-state index contributed by atoms with van der Waals surface area (Å²) in [4.78, 5) is 11.1. The number of halogens is 1. The standard InChI is InChI=1S/C11H14ClNO4S/c1-3-11(14)13-8-5-6-9(17-4-2)10(7-8)18(12,15)16/h5-7H,3-4H2,1-2H3,(H,13,14). The summed E-state index contributed by atoms with van der Waals surface area (Å²) in [6, 6.07) is 4.30. The molecule has 1 amide bonds. The molecule has 0 aliphatic heterocycles. The Hall–Kier alpha value is -1.27. The van der Waals surface area contributed by atoms with Crippen LogP contribution in [0.2, 0.25) is 0 Å². The largest absolute Gasteiger partial charge is 0.492 e. The third kappa shape index (κ3) is 3.89. The Bertz CT molecular complexity index is 542. The molecule has 18 heavy (non-hydrogen) atoms. The molecule has 1 aromatic rings. The minimum atomic E-state index is -3.92. The van der Waals surface area contributed by atoms with Gasteiger partial charge in [0.15, 0.2) is 0 Å². The van der Waals surface area contributed by atoms with Crippen molar-refractivity contribution in [2.24, 2.45) is 0 Å². The molecule has 0 saturated heterocycles. The van der Waals surface area contributed by atoms with Gasteiger partial charge in [-0.1, -0.05) is 6.92 Å². The third-order valence-electron chi connectivity index (χ3n) is 2.11. The highest BCUT2D eigenvalue weighted by Gasteiger charge is 2.18. The molecule has 5 nitrogen and oxygen atoms in total. The smallest absolute Gasteiger partial charge is 0.265 e. The normalized spacial score (nSPS) is 11.1. The fourth-order valence-electron chi connectivity index (χ4n) is 1.30. The van der Waals surface area contributed by atoms with Crippen molar-refractivity contribution in [2.45, 2.75) is 25.2 Å². The molecular weight excluding hydrogens is 278 g/mol. The van der Waals surface area contributed by atoms with E-state index in [0.717, 1.165) is 0 Å². The molecule has 0 heterocycles. The number of rotatable bonds is 5. The van der Waals surface area contributed by atoms with Crippen molar-refractivity contribution in [1.29, 1.82) is 0 Å². The second-order valence-electron chi connectivity index (χ2n) is 3.43. The van der Waals surface area contributed by atoms with E-state index in [1.54, 1.807) is 19.9 Å². The molecule has 7 heteroatoms. The van der Waals surface area contributed by atoms with E-state index in [0.29, 0.717) is 18.7 Å². The Balaban J connectivity index is 3.17. The molecule has 1 N–H and O–H groups in total. The molecular formula is C11H14ClNO4S. The number of hydrogen-bond donors (Lipinski definition) is 1. The molecule has 0 aromatic heterocycles. The van der Waals surface area contributed by atoms with E-state index in [2.05, 4.69) is 5.32 Å². The fourth-order valence-corrected chi connectivity index (χ4v) is 2.30. The Morgan fingerprint density at radius 2 is 2.06 bits per heavy atom. The van der Waals surface area contributed by atoms with Gasteiger partial charge in [-0.15, -0.1) is 0 Å². The lowest BCUT2D eigenvalue weighted by molar-refractivity contribution is -0.115. The average Bonchev–Trinajstić information content (AvgIpc) is 2.30. The van der Waals surface area contributed by atoms with E-state index < -0.39 is 9.05 Å². The minimum absolute atomic E-state index is 0.153. The third-order valence-corrected chi connectivity index (χ3v) is 3.45. The van der Waals surface area contributed by atoms with E-state index in [1.165, 1.54) is 12.1 Å². The van der Waals surface area contributed by atoms with E-state index in [9.17, 15) is 13.2 Å². The molecule has 0 atom stereocenters. The Morgan fingerprint density at radius 1 is 1.39 bits per heavy atom. The molecule has 0 saturated carbocycles. The number of benzene rings is 1. The topological polar surface area (TPSA) is 72.5 Å². The zero-order chi connectivity index (χ0) is 13.8. The number of amides is 1. The number of nitrogens with one attached hydrogen (secondary N) is 1. The summed E-state index contributed by atoms with van der Waals surface area (Å²) < 4.78 is 28.0. The van der Waals surface area contributed by atoms with Crippen LogP contribution < -0.4 is 10.1 Å². The van der Waals surface area contributed by atoms with Crippen molar-refractivity contribution in [3.05, 3.63) is 18.2 Å². The Kier molecular flexibility index (Phi) is 4.98. The van der Waals surface area contributed by atoms with Gasteiger partial charge in [0.2, 0.25) is 5.91 Å². The maximum Gasteiger partial charge on any atom is 0.265 e. The summed E-state index contributed by atoms with van der Waals surface area (Å²) in [6.07, 6.45) is 0.302. The van der Waals surface area contributed by atoms with Crippen molar-refractivity contribution >= 4 is 31.3 Å². The lowest BCUT2D eigenvalue weighted by atomic mass is 10.3. The molecule has 1 aromatic carbocycles. The molecule has 0 aliphatic rings. The van der Waals surface area contributed by atoms with Crippen molar-refractivity contribution in [3.8, 4) is 5.75 Å². The van der Waals surface area contributed by atoms with Gasteiger partial charge in [0.25, 0.3) is 9.05 Å². The SMILES string of the molecule is CCOc1ccc(NC(=O)CC)cc1S(=O)(=O)Cl. The van der Waals surface area contributed by atoms with Gasteiger partial charge in [0, 0.05) is 22.8 Å². The molecule has 0 aliphatic carbocycles. The van der Waals surface area contributed by atoms with Crippen LogP contribution in [0, 0.1) is 0 Å². The predicted molar refractivity (Wildman–Crippen MR) is 69.6 cm³/mol.